The molecule has 0 aromatic carbocycles. The summed E-state index contributed by atoms with van der Waals surface area (Å²) in [6, 6.07) is -0.833. The number of aliphatic hydroxyl groups excluding tert-OH is 2. The number of hydrogen-bond acceptors (Lipinski definition) is 6. The lowest BCUT2D eigenvalue weighted by Crippen LogP contribution is -2.42. The first kappa shape index (κ1) is 20.4. The molecule has 0 bridgehead atoms. The molecule has 0 saturated heterocycles. The van der Waals surface area contributed by atoms with Gasteiger partial charge in [-0.2, -0.15) is 0 Å². The number of aliphatic hydroxyl groups is 2. The number of urea groups is 1. The largest absolute Gasteiger partial charge is 0.479 e. The molecule has 7 N–H and O–H groups in total. The first-order chi connectivity index (χ1) is 8.88. The Morgan fingerprint density at radius 1 is 1.10 bits per heavy atom. The highest BCUT2D eigenvalue weighted by molar-refractivity contribution is 5.84. The first-order valence-corrected chi connectivity index (χ1v) is 5.49. The van der Waals surface area contributed by atoms with Gasteiger partial charge >= 0.3 is 18.0 Å². The standard InChI is InChI=1S/C9H17NO6.CH4N2O/c1-10(2,3)4-5-16-9(15)7(12)6(11)8(13)14;2-1(3)4/h6-7,11-12H,4-5H2,1-3H3;(H4,2,3,4)/p+1. The molecule has 0 fully saturated rings. The number of carboxylic acids is 1. The van der Waals surface area contributed by atoms with Gasteiger partial charge < -0.3 is 36.0 Å². The van der Waals surface area contributed by atoms with Gasteiger partial charge in [-0.15, -0.1) is 0 Å². The maximum atomic E-state index is 11.1. The normalized spacial score (nSPS) is 13.4. The molecule has 10 nitrogen and oxygen atoms in total. The minimum Gasteiger partial charge on any atom is -0.479 e. The predicted octanol–water partition coefficient (Wildman–Crippen LogP) is -2.93. The van der Waals surface area contributed by atoms with Crippen LogP contribution in [0.1, 0.15) is 0 Å². The van der Waals surface area contributed by atoms with E-state index in [0.29, 0.717) is 11.0 Å². The Kier molecular flexibility index (Phi) is 9.25. The van der Waals surface area contributed by atoms with E-state index in [4.69, 9.17) is 20.1 Å². The summed E-state index contributed by atoms with van der Waals surface area (Å²) in [5.41, 5.74) is 8.50. The summed E-state index contributed by atoms with van der Waals surface area (Å²) in [7, 11) is 5.66. The van der Waals surface area contributed by atoms with E-state index in [9.17, 15) is 9.59 Å². The smallest absolute Gasteiger partial charge is 0.338 e. The van der Waals surface area contributed by atoms with E-state index in [2.05, 4.69) is 16.2 Å². The van der Waals surface area contributed by atoms with Crippen LogP contribution in [0.5, 0.6) is 0 Å². The fraction of sp³-hybridized carbons (Fsp3) is 0.700. The Balaban J connectivity index is 0. The van der Waals surface area contributed by atoms with Gasteiger partial charge in [0.25, 0.3) is 0 Å². The minimum absolute atomic E-state index is 0.0474. The van der Waals surface area contributed by atoms with E-state index < -0.39 is 30.2 Å². The van der Waals surface area contributed by atoms with Crippen molar-refractivity contribution < 1.29 is 38.9 Å². The van der Waals surface area contributed by atoms with Crippen LogP contribution in [-0.2, 0) is 14.3 Å². The number of hydrogen-bond donors (Lipinski definition) is 5. The van der Waals surface area contributed by atoms with Crippen LogP contribution < -0.4 is 11.5 Å². The molecule has 0 aliphatic heterocycles. The molecule has 0 aliphatic rings. The van der Waals surface area contributed by atoms with Crippen LogP contribution in [0.2, 0.25) is 0 Å². The van der Waals surface area contributed by atoms with Gasteiger partial charge in [0.05, 0.1) is 21.1 Å². The highest BCUT2D eigenvalue weighted by Crippen LogP contribution is 1.98. The quantitative estimate of drug-likeness (QED) is 0.257. The van der Waals surface area contributed by atoms with Crippen LogP contribution in [0.3, 0.4) is 0 Å². The number of carbonyl (C=O) groups excluding carboxylic acids is 2. The van der Waals surface area contributed by atoms with Crippen LogP contribution in [0.15, 0.2) is 0 Å². The van der Waals surface area contributed by atoms with Crippen LogP contribution >= 0.6 is 0 Å². The number of ether oxygens (including phenoxy) is 1. The number of quaternary nitrogens is 1. The molecular formula is C10H22N3O7+. The molecule has 0 heterocycles. The highest BCUT2D eigenvalue weighted by atomic mass is 16.6. The van der Waals surface area contributed by atoms with Crippen LogP contribution in [0.25, 0.3) is 0 Å². The van der Waals surface area contributed by atoms with E-state index in [1.165, 1.54) is 0 Å². The lowest BCUT2D eigenvalue weighted by atomic mass is 10.2. The molecule has 0 aromatic heterocycles. The monoisotopic (exact) mass is 296 g/mol. The molecule has 0 spiro atoms. The van der Waals surface area contributed by atoms with Crippen LogP contribution in [0, 0.1) is 0 Å². The average Bonchev–Trinajstić information content (AvgIpc) is 2.24. The minimum atomic E-state index is -2.16. The third kappa shape index (κ3) is 12.5. The van der Waals surface area contributed by atoms with Gasteiger partial charge in [0, 0.05) is 0 Å². The van der Waals surface area contributed by atoms with Crippen molar-refractivity contribution >= 4 is 18.0 Å². The molecule has 118 valence electrons. The first-order valence-electron chi connectivity index (χ1n) is 5.49. The van der Waals surface area contributed by atoms with Gasteiger partial charge in [0.1, 0.15) is 13.2 Å². The number of amides is 2. The fourth-order valence-corrected chi connectivity index (χ4v) is 0.769. The van der Waals surface area contributed by atoms with Crippen molar-refractivity contribution in [3.63, 3.8) is 0 Å². The van der Waals surface area contributed by atoms with Crippen molar-refractivity contribution in [2.24, 2.45) is 11.5 Å². The lowest BCUT2D eigenvalue weighted by Gasteiger charge is -2.23. The zero-order valence-corrected chi connectivity index (χ0v) is 11.6. The topological polar surface area (TPSA) is 173 Å². The third-order valence-corrected chi connectivity index (χ3v) is 1.80. The van der Waals surface area contributed by atoms with Crippen molar-refractivity contribution in [3.05, 3.63) is 0 Å². The van der Waals surface area contributed by atoms with Gasteiger partial charge in [-0.05, 0) is 0 Å². The van der Waals surface area contributed by atoms with Crippen molar-refractivity contribution in [3.8, 4) is 0 Å². The van der Waals surface area contributed by atoms with Gasteiger partial charge in [-0.3, -0.25) is 0 Å². The summed E-state index contributed by atoms with van der Waals surface area (Å²) >= 11 is 0. The fourth-order valence-electron chi connectivity index (χ4n) is 0.769. The van der Waals surface area contributed by atoms with Crippen molar-refractivity contribution in [2.75, 3.05) is 34.3 Å². The Hall–Kier alpha value is -1.91. The number of esters is 1. The average molecular weight is 296 g/mol. The number of nitrogens with two attached hydrogens (primary N) is 2. The van der Waals surface area contributed by atoms with Crippen LogP contribution in [0.4, 0.5) is 4.79 Å². The Bertz CT molecular complexity index is 336. The van der Waals surface area contributed by atoms with E-state index in [0.717, 1.165) is 0 Å². The van der Waals surface area contributed by atoms with Gasteiger partial charge in [0.15, 0.2) is 12.2 Å². The van der Waals surface area contributed by atoms with E-state index in [1.807, 2.05) is 21.1 Å². The summed E-state index contributed by atoms with van der Waals surface area (Å²) < 4.78 is 5.18. The van der Waals surface area contributed by atoms with E-state index in [1.54, 1.807) is 0 Å². The number of carbonyl (C=O) groups is 3. The number of likely N-dealkylation sites (N-methyl/N-ethyl adjacent to an activating group) is 1. The molecule has 20 heavy (non-hydrogen) atoms. The Morgan fingerprint density at radius 3 is 1.80 bits per heavy atom. The molecule has 2 atom stereocenters. The number of carboxylic acid groups (broad SMARTS) is 1. The number of rotatable bonds is 6. The Morgan fingerprint density at radius 2 is 1.50 bits per heavy atom. The molecule has 0 rings (SSSR count). The maximum Gasteiger partial charge on any atom is 0.338 e. The van der Waals surface area contributed by atoms with Gasteiger partial charge in [0.2, 0.25) is 0 Å². The van der Waals surface area contributed by atoms with Crippen LogP contribution in [-0.4, -0.2) is 84.3 Å². The second-order valence-electron chi connectivity index (χ2n) is 4.81. The zero-order chi connectivity index (χ0) is 16.5. The summed E-state index contributed by atoms with van der Waals surface area (Å²) in [4.78, 5) is 30.3. The van der Waals surface area contributed by atoms with Crippen molar-refractivity contribution in [1.29, 1.82) is 0 Å². The molecule has 2 unspecified atom stereocenters. The summed E-state index contributed by atoms with van der Waals surface area (Å²) in [6.45, 7) is 0.563. The number of nitrogens with zero attached hydrogens (tertiary/aromatic N) is 1. The third-order valence-electron chi connectivity index (χ3n) is 1.80. The maximum absolute atomic E-state index is 11.1. The van der Waals surface area contributed by atoms with E-state index in [-0.39, 0.29) is 6.61 Å². The highest BCUT2D eigenvalue weighted by Gasteiger charge is 2.31. The summed E-state index contributed by atoms with van der Waals surface area (Å²) in [6.07, 6.45) is -4.21. The summed E-state index contributed by atoms with van der Waals surface area (Å²) in [5, 5.41) is 26.3. The predicted molar refractivity (Wildman–Crippen MR) is 67.3 cm³/mol. The molecule has 0 radical (unpaired) electrons. The second-order valence-corrected chi connectivity index (χ2v) is 4.81. The SMILES string of the molecule is C[N+](C)(C)CCOC(=O)C(O)C(O)C(=O)O.NC(N)=O. The molecule has 0 saturated carbocycles. The van der Waals surface area contributed by atoms with E-state index >= 15 is 0 Å². The lowest BCUT2D eigenvalue weighted by molar-refractivity contribution is -0.870. The number of primary amides is 2. The molecule has 2 amide bonds. The molecule has 10 heteroatoms. The number of aliphatic carboxylic acids is 1. The molecule has 0 aromatic rings. The zero-order valence-electron chi connectivity index (χ0n) is 11.6. The molecule has 0 aliphatic carbocycles. The van der Waals surface area contributed by atoms with Gasteiger partial charge in [-0.1, -0.05) is 0 Å². The van der Waals surface area contributed by atoms with Crippen molar-refractivity contribution in [1.82, 2.24) is 0 Å². The second kappa shape index (κ2) is 9.07. The summed E-state index contributed by atoms with van der Waals surface area (Å²) in [5.74, 6) is -2.81. The Labute approximate surface area is 116 Å². The van der Waals surface area contributed by atoms with Gasteiger partial charge in [-0.25, -0.2) is 14.4 Å². The van der Waals surface area contributed by atoms with Crippen molar-refractivity contribution in [2.45, 2.75) is 12.2 Å². The molecular weight excluding hydrogens is 274 g/mol.